The molecule has 5 heteroatoms. The minimum atomic E-state index is -0.374. The van der Waals surface area contributed by atoms with Gasteiger partial charge in [0, 0.05) is 10.4 Å². The maximum absolute atomic E-state index is 12.1. The molecule has 2 N–H and O–H groups in total. The molecule has 2 aromatic carbocycles. The van der Waals surface area contributed by atoms with Crippen LogP contribution in [0.1, 0.15) is 5.56 Å². The Hall–Kier alpha value is -2.33. The largest absolute Gasteiger partial charge is 0.384 e. The number of hydrogen-bond acceptors (Lipinski definition) is 3. The Morgan fingerprint density at radius 2 is 1.90 bits per heavy atom. The molecule has 0 spiro atoms. The van der Waals surface area contributed by atoms with Crippen molar-refractivity contribution in [2.75, 3.05) is 5.73 Å². The molecule has 20 heavy (non-hydrogen) atoms. The highest BCUT2D eigenvalue weighted by atomic mass is 35.5. The summed E-state index contributed by atoms with van der Waals surface area (Å²) in [5.74, 6) is 0.403. The second-order valence-electron chi connectivity index (χ2n) is 4.51. The summed E-state index contributed by atoms with van der Waals surface area (Å²) in [5.41, 5.74) is 7.24. The summed E-state index contributed by atoms with van der Waals surface area (Å²) in [6.07, 6.45) is 0. The van der Waals surface area contributed by atoms with E-state index in [0.717, 1.165) is 10.9 Å². The van der Waals surface area contributed by atoms with Crippen LogP contribution in [0.25, 0.3) is 10.9 Å². The van der Waals surface area contributed by atoms with E-state index in [9.17, 15) is 4.79 Å². The van der Waals surface area contributed by atoms with E-state index in [1.807, 2.05) is 30.3 Å². The predicted molar refractivity (Wildman–Crippen MR) is 81.0 cm³/mol. The molecule has 0 radical (unpaired) electrons. The average Bonchev–Trinajstić information content (AvgIpc) is 2.44. The van der Waals surface area contributed by atoms with Gasteiger partial charge in [0.1, 0.15) is 5.82 Å². The van der Waals surface area contributed by atoms with Gasteiger partial charge >= 0.3 is 5.69 Å². The summed E-state index contributed by atoms with van der Waals surface area (Å²) < 4.78 is 1.46. The first-order chi connectivity index (χ1) is 9.65. The minimum absolute atomic E-state index is 0.374. The zero-order chi connectivity index (χ0) is 14.1. The van der Waals surface area contributed by atoms with Crippen molar-refractivity contribution in [2.24, 2.45) is 0 Å². The van der Waals surface area contributed by atoms with Gasteiger partial charge in [-0.3, -0.25) is 4.57 Å². The lowest BCUT2D eigenvalue weighted by atomic mass is 10.2. The molecule has 0 amide bonds. The quantitative estimate of drug-likeness (QED) is 0.787. The normalized spacial score (nSPS) is 10.8. The second-order valence-corrected chi connectivity index (χ2v) is 4.95. The van der Waals surface area contributed by atoms with Gasteiger partial charge in [-0.15, -0.1) is 0 Å². The van der Waals surface area contributed by atoms with Crippen LogP contribution in [0.15, 0.2) is 53.3 Å². The maximum Gasteiger partial charge on any atom is 0.350 e. The summed E-state index contributed by atoms with van der Waals surface area (Å²) in [5, 5.41) is 1.26. The molecule has 0 aliphatic heterocycles. The zero-order valence-corrected chi connectivity index (χ0v) is 11.3. The van der Waals surface area contributed by atoms with Crippen LogP contribution in [-0.4, -0.2) is 9.55 Å². The fraction of sp³-hybridized carbons (Fsp3) is 0.0667. The number of aromatic nitrogens is 2. The number of nitrogens with zero attached hydrogens (tertiary/aromatic N) is 2. The number of anilines is 1. The SMILES string of the molecule is Nc1c2ccc(Cl)cc2nc(=O)n1Cc1ccccc1. The Morgan fingerprint density at radius 3 is 2.65 bits per heavy atom. The van der Waals surface area contributed by atoms with Crippen molar-refractivity contribution >= 4 is 28.3 Å². The molecule has 0 aliphatic carbocycles. The number of nitrogens with two attached hydrogens (primary N) is 1. The molecule has 0 unspecified atom stereocenters. The van der Waals surface area contributed by atoms with Gasteiger partial charge in [0.25, 0.3) is 0 Å². The van der Waals surface area contributed by atoms with E-state index < -0.39 is 0 Å². The van der Waals surface area contributed by atoms with Crippen LogP contribution in [-0.2, 0) is 6.54 Å². The fourth-order valence-electron chi connectivity index (χ4n) is 2.14. The van der Waals surface area contributed by atoms with Crippen molar-refractivity contribution in [3.63, 3.8) is 0 Å². The molecule has 0 saturated heterocycles. The van der Waals surface area contributed by atoms with Crippen molar-refractivity contribution in [3.8, 4) is 0 Å². The number of hydrogen-bond donors (Lipinski definition) is 1. The van der Waals surface area contributed by atoms with Crippen molar-refractivity contribution in [1.82, 2.24) is 9.55 Å². The first-order valence-electron chi connectivity index (χ1n) is 6.14. The molecule has 3 rings (SSSR count). The summed E-state index contributed by atoms with van der Waals surface area (Å²) in [7, 11) is 0. The van der Waals surface area contributed by atoms with Crippen molar-refractivity contribution in [1.29, 1.82) is 0 Å². The van der Waals surface area contributed by atoms with Gasteiger partial charge in [-0.05, 0) is 23.8 Å². The third-order valence-corrected chi connectivity index (χ3v) is 3.39. The van der Waals surface area contributed by atoms with E-state index in [-0.39, 0.29) is 5.69 Å². The van der Waals surface area contributed by atoms with Gasteiger partial charge in [0.2, 0.25) is 0 Å². The third-order valence-electron chi connectivity index (χ3n) is 3.16. The molecule has 0 atom stereocenters. The van der Waals surface area contributed by atoms with Crippen molar-refractivity contribution in [3.05, 3.63) is 69.6 Å². The molecule has 3 aromatic rings. The lowest BCUT2D eigenvalue weighted by Crippen LogP contribution is -2.26. The smallest absolute Gasteiger partial charge is 0.350 e. The van der Waals surface area contributed by atoms with Crippen LogP contribution < -0.4 is 11.4 Å². The number of halogens is 1. The van der Waals surface area contributed by atoms with E-state index in [0.29, 0.717) is 22.9 Å². The first kappa shape index (κ1) is 12.7. The second kappa shape index (κ2) is 4.98. The van der Waals surface area contributed by atoms with Gasteiger partial charge < -0.3 is 5.73 Å². The van der Waals surface area contributed by atoms with Crippen molar-refractivity contribution in [2.45, 2.75) is 6.54 Å². The molecule has 0 fully saturated rings. The maximum atomic E-state index is 12.1. The van der Waals surface area contributed by atoms with E-state index in [2.05, 4.69) is 4.98 Å². The molecule has 1 heterocycles. The van der Waals surface area contributed by atoms with Crippen LogP contribution in [0.2, 0.25) is 5.02 Å². The number of fused-ring (bicyclic) bond motifs is 1. The molecule has 0 saturated carbocycles. The summed E-state index contributed by atoms with van der Waals surface area (Å²) >= 11 is 5.90. The molecular formula is C15H12ClN3O. The first-order valence-corrected chi connectivity index (χ1v) is 6.52. The molecule has 0 bridgehead atoms. The molecule has 100 valence electrons. The molecule has 4 nitrogen and oxygen atoms in total. The van der Waals surface area contributed by atoms with Gasteiger partial charge in [0.05, 0.1) is 12.1 Å². The fourth-order valence-corrected chi connectivity index (χ4v) is 2.31. The Labute approximate surface area is 120 Å². The van der Waals surface area contributed by atoms with Crippen LogP contribution in [0.3, 0.4) is 0 Å². The Morgan fingerprint density at radius 1 is 1.15 bits per heavy atom. The van der Waals surface area contributed by atoms with Crippen LogP contribution in [0, 0.1) is 0 Å². The molecule has 1 aromatic heterocycles. The summed E-state index contributed by atoms with van der Waals surface area (Å²) in [4.78, 5) is 16.1. The summed E-state index contributed by atoms with van der Waals surface area (Å²) in [6, 6.07) is 14.8. The van der Waals surface area contributed by atoms with Crippen LogP contribution >= 0.6 is 11.6 Å². The predicted octanol–water partition coefficient (Wildman–Crippen LogP) is 2.68. The van der Waals surface area contributed by atoms with Crippen LogP contribution in [0.4, 0.5) is 5.82 Å². The third kappa shape index (κ3) is 2.26. The lowest BCUT2D eigenvalue weighted by molar-refractivity contribution is 0.749. The number of benzene rings is 2. The highest BCUT2D eigenvalue weighted by molar-refractivity contribution is 6.31. The van der Waals surface area contributed by atoms with Crippen molar-refractivity contribution < 1.29 is 0 Å². The number of rotatable bonds is 2. The van der Waals surface area contributed by atoms with Gasteiger partial charge in [-0.2, -0.15) is 4.98 Å². The van der Waals surface area contributed by atoms with E-state index in [4.69, 9.17) is 17.3 Å². The van der Waals surface area contributed by atoms with E-state index in [1.54, 1.807) is 18.2 Å². The van der Waals surface area contributed by atoms with E-state index in [1.165, 1.54) is 4.57 Å². The lowest BCUT2D eigenvalue weighted by Gasteiger charge is -2.11. The Kier molecular flexibility index (Phi) is 3.16. The standard InChI is InChI=1S/C15H12ClN3O/c16-11-6-7-12-13(8-11)18-15(20)19(14(12)17)9-10-4-2-1-3-5-10/h1-8H,9,17H2. The molecule has 0 aliphatic rings. The molecular weight excluding hydrogens is 274 g/mol. The topological polar surface area (TPSA) is 60.9 Å². The monoisotopic (exact) mass is 285 g/mol. The Bertz CT molecular complexity index is 828. The minimum Gasteiger partial charge on any atom is -0.384 e. The zero-order valence-electron chi connectivity index (χ0n) is 10.6. The highest BCUT2D eigenvalue weighted by Gasteiger charge is 2.09. The van der Waals surface area contributed by atoms with Crippen LogP contribution in [0.5, 0.6) is 0 Å². The summed E-state index contributed by atoms with van der Waals surface area (Å²) in [6.45, 7) is 0.400. The van der Waals surface area contributed by atoms with Gasteiger partial charge in [-0.25, -0.2) is 4.79 Å². The van der Waals surface area contributed by atoms with Gasteiger partial charge in [0.15, 0.2) is 0 Å². The average molecular weight is 286 g/mol. The highest BCUT2D eigenvalue weighted by Crippen LogP contribution is 2.21. The van der Waals surface area contributed by atoms with E-state index >= 15 is 0 Å². The Balaban J connectivity index is 2.16. The van der Waals surface area contributed by atoms with Gasteiger partial charge in [-0.1, -0.05) is 41.9 Å². The number of nitrogen functional groups attached to an aromatic ring is 1.